The molecule has 2 aromatic heterocycles. The molecular formula is C17H16Cl2F3N5O3. The van der Waals surface area contributed by atoms with Gasteiger partial charge in [0.2, 0.25) is 5.95 Å². The number of carbonyl (C=O) groups is 1. The zero-order valence-corrected chi connectivity index (χ0v) is 17.0. The van der Waals surface area contributed by atoms with Crippen LogP contribution < -0.4 is 10.6 Å². The minimum Gasteiger partial charge on any atom is -0.475 e. The van der Waals surface area contributed by atoms with Crippen LogP contribution in [0.2, 0.25) is 10.0 Å². The highest BCUT2D eigenvalue weighted by atomic mass is 35.5. The van der Waals surface area contributed by atoms with E-state index in [4.69, 9.17) is 43.3 Å². The Morgan fingerprint density at radius 3 is 2.37 bits per heavy atom. The van der Waals surface area contributed by atoms with Gasteiger partial charge in [0.15, 0.2) is 11.4 Å². The molecule has 3 aromatic rings. The summed E-state index contributed by atoms with van der Waals surface area (Å²) < 4.78 is 37.7. The maximum atomic E-state index is 10.6. The van der Waals surface area contributed by atoms with Crippen molar-refractivity contribution in [2.24, 2.45) is 0 Å². The van der Waals surface area contributed by atoms with Crippen molar-refractivity contribution in [2.45, 2.75) is 6.18 Å². The van der Waals surface area contributed by atoms with Crippen LogP contribution in [-0.2, 0) is 4.79 Å². The molecule has 0 amide bonds. The number of furan rings is 1. The second-order valence-electron chi connectivity index (χ2n) is 6.51. The molecule has 0 saturated carbocycles. The van der Waals surface area contributed by atoms with Gasteiger partial charge in [-0.3, -0.25) is 0 Å². The molecule has 1 aliphatic rings. The van der Waals surface area contributed by atoms with Crippen molar-refractivity contribution in [3.63, 3.8) is 0 Å². The van der Waals surface area contributed by atoms with Gasteiger partial charge in [-0.15, -0.1) is 0 Å². The molecule has 162 valence electrons. The molecular weight excluding hydrogens is 450 g/mol. The number of hydrogen-bond acceptors (Lipinski definition) is 7. The molecule has 30 heavy (non-hydrogen) atoms. The fraction of sp³-hybridized carbons (Fsp3) is 0.353. The van der Waals surface area contributed by atoms with Crippen molar-refractivity contribution in [2.75, 3.05) is 43.9 Å². The smallest absolute Gasteiger partial charge is 0.475 e. The molecule has 3 N–H and O–H groups in total. The molecule has 3 heterocycles. The lowest BCUT2D eigenvalue weighted by molar-refractivity contribution is -0.192. The zero-order chi connectivity index (χ0) is 22.2. The Morgan fingerprint density at radius 1 is 1.20 bits per heavy atom. The number of fused-ring (bicyclic) bond motifs is 3. The summed E-state index contributed by atoms with van der Waals surface area (Å²) in [4.78, 5) is 22.1. The van der Waals surface area contributed by atoms with Gasteiger partial charge in [0, 0.05) is 26.2 Å². The largest absolute Gasteiger partial charge is 0.490 e. The highest BCUT2D eigenvalue weighted by Gasteiger charge is 2.38. The van der Waals surface area contributed by atoms with E-state index < -0.39 is 12.1 Å². The molecule has 8 nitrogen and oxygen atoms in total. The van der Waals surface area contributed by atoms with Crippen LogP contribution in [0.5, 0.6) is 0 Å². The molecule has 0 bridgehead atoms. The molecule has 1 aromatic carbocycles. The van der Waals surface area contributed by atoms with Crippen LogP contribution in [0.3, 0.4) is 0 Å². The van der Waals surface area contributed by atoms with E-state index in [9.17, 15) is 13.2 Å². The Bertz CT molecular complexity index is 1100. The summed E-state index contributed by atoms with van der Waals surface area (Å²) in [6.07, 6.45) is -5.08. The van der Waals surface area contributed by atoms with Crippen LogP contribution in [0, 0.1) is 0 Å². The van der Waals surface area contributed by atoms with Gasteiger partial charge in [0.1, 0.15) is 11.1 Å². The first-order valence-corrected chi connectivity index (χ1v) is 9.32. The second-order valence-corrected chi connectivity index (χ2v) is 7.30. The van der Waals surface area contributed by atoms with Gasteiger partial charge >= 0.3 is 12.1 Å². The van der Waals surface area contributed by atoms with Crippen molar-refractivity contribution < 1.29 is 27.5 Å². The van der Waals surface area contributed by atoms with Gasteiger partial charge in [-0.05, 0) is 19.2 Å². The summed E-state index contributed by atoms with van der Waals surface area (Å²) in [5, 5.41) is 8.68. The molecule has 0 aliphatic carbocycles. The van der Waals surface area contributed by atoms with Crippen LogP contribution in [0.1, 0.15) is 0 Å². The minimum atomic E-state index is -5.08. The molecule has 1 fully saturated rings. The number of likely N-dealkylation sites (N-methyl/N-ethyl adjacent to an activating group) is 1. The normalized spacial score (nSPS) is 15.3. The second kappa shape index (κ2) is 8.32. The predicted molar refractivity (Wildman–Crippen MR) is 107 cm³/mol. The Morgan fingerprint density at radius 2 is 1.80 bits per heavy atom. The summed E-state index contributed by atoms with van der Waals surface area (Å²) in [5.74, 6) is -1.85. The minimum absolute atomic E-state index is 0.199. The first kappa shape index (κ1) is 22.2. The van der Waals surface area contributed by atoms with Crippen molar-refractivity contribution in [1.82, 2.24) is 14.9 Å². The fourth-order valence-corrected chi connectivity index (χ4v) is 3.30. The zero-order valence-electron chi connectivity index (χ0n) is 15.5. The van der Waals surface area contributed by atoms with Gasteiger partial charge in [-0.1, -0.05) is 23.2 Å². The van der Waals surface area contributed by atoms with E-state index in [-0.39, 0.29) is 5.95 Å². The Kier molecular flexibility index (Phi) is 6.16. The van der Waals surface area contributed by atoms with E-state index in [2.05, 4.69) is 26.8 Å². The predicted octanol–water partition coefficient (Wildman–Crippen LogP) is 3.65. The van der Waals surface area contributed by atoms with Crippen molar-refractivity contribution >= 4 is 63.0 Å². The molecule has 1 aliphatic heterocycles. The summed E-state index contributed by atoms with van der Waals surface area (Å²) in [6, 6.07) is 3.50. The fourth-order valence-electron chi connectivity index (χ4n) is 2.90. The third-order valence-electron chi connectivity index (χ3n) is 4.42. The number of carboxylic acid groups (broad SMARTS) is 1. The lowest BCUT2D eigenvalue weighted by atomic mass is 10.2. The SMILES string of the molecule is CN1CCN(c2nc(N)nc3c2oc2ccc(Cl)c(Cl)c23)CC1.O=C(O)C(F)(F)F. The Labute approximate surface area is 178 Å². The highest BCUT2D eigenvalue weighted by molar-refractivity contribution is 6.46. The summed E-state index contributed by atoms with van der Waals surface area (Å²) in [5.41, 5.74) is 7.75. The average molecular weight is 466 g/mol. The highest BCUT2D eigenvalue weighted by Crippen LogP contribution is 2.40. The molecule has 0 unspecified atom stereocenters. The number of rotatable bonds is 1. The van der Waals surface area contributed by atoms with Gasteiger partial charge in [0.25, 0.3) is 0 Å². The van der Waals surface area contributed by atoms with Crippen LogP contribution >= 0.6 is 23.2 Å². The molecule has 4 rings (SSSR count). The standard InChI is InChI=1S/C15H15Cl2N5O.C2HF3O2/c1-21-4-6-22(7-5-21)14-13-12(19-15(18)20-14)10-9(23-13)3-2-8(16)11(10)17;3-2(4,5)1(6)7/h2-3H,4-7H2,1H3,(H2,18,19,20);(H,6,7). The maximum absolute atomic E-state index is 10.6. The number of carboxylic acids is 1. The lowest BCUT2D eigenvalue weighted by Gasteiger charge is -2.33. The Balaban J connectivity index is 0.000000318. The number of aromatic nitrogens is 2. The number of alkyl halides is 3. The van der Waals surface area contributed by atoms with Crippen LogP contribution in [0.4, 0.5) is 24.9 Å². The van der Waals surface area contributed by atoms with Gasteiger partial charge in [0.05, 0.1) is 15.4 Å². The van der Waals surface area contributed by atoms with Gasteiger partial charge < -0.3 is 25.1 Å². The number of aliphatic carboxylic acids is 1. The summed E-state index contributed by atoms with van der Waals surface area (Å²) in [7, 11) is 2.10. The van der Waals surface area contributed by atoms with Gasteiger partial charge in [-0.2, -0.15) is 18.2 Å². The third kappa shape index (κ3) is 4.47. The lowest BCUT2D eigenvalue weighted by Crippen LogP contribution is -2.44. The van der Waals surface area contributed by atoms with E-state index in [1.807, 2.05) is 0 Å². The molecule has 1 saturated heterocycles. The molecule has 13 heteroatoms. The molecule has 0 atom stereocenters. The summed E-state index contributed by atoms with van der Waals surface area (Å²) >= 11 is 12.5. The first-order chi connectivity index (χ1) is 14.0. The van der Waals surface area contributed by atoms with E-state index in [0.717, 1.165) is 26.2 Å². The summed E-state index contributed by atoms with van der Waals surface area (Å²) in [6.45, 7) is 3.62. The van der Waals surface area contributed by atoms with Gasteiger partial charge in [-0.25, -0.2) is 9.78 Å². The number of nitrogens with zero attached hydrogens (tertiary/aromatic N) is 4. The van der Waals surface area contributed by atoms with E-state index in [1.165, 1.54) is 0 Å². The van der Waals surface area contributed by atoms with Crippen LogP contribution in [-0.4, -0.2) is 65.3 Å². The monoisotopic (exact) mass is 465 g/mol. The van der Waals surface area contributed by atoms with Crippen LogP contribution in [0.25, 0.3) is 22.1 Å². The van der Waals surface area contributed by atoms with Crippen molar-refractivity contribution in [3.05, 3.63) is 22.2 Å². The first-order valence-electron chi connectivity index (χ1n) is 8.56. The molecule has 0 radical (unpaired) electrons. The van der Waals surface area contributed by atoms with Crippen molar-refractivity contribution in [3.8, 4) is 0 Å². The van der Waals surface area contributed by atoms with E-state index >= 15 is 0 Å². The topological polar surface area (TPSA) is 109 Å². The number of anilines is 2. The molecule has 0 spiro atoms. The van der Waals surface area contributed by atoms with E-state index in [1.54, 1.807) is 12.1 Å². The number of nitrogen functional groups attached to an aromatic ring is 1. The number of halogens is 5. The average Bonchev–Trinajstić information content (AvgIpc) is 3.03. The van der Waals surface area contributed by atoms with Crippen molar-refractivity contribution in [1.29, 1.82) is 0 Å². The van der Waals surface area contributed by atoms with Crippen LogP contribution in [0.15, 0.2) is 16.5 Å². The third-order valence-corrected chi connectivity index (χ3v) is 5.22. The Hall–Kier alpha value is -2.50. The number of piperazine rings is 1. The number of benzene rings is 1. The maximum Gasteiger partial charge on any atom is 0.490 e. The quantitative estimate of drug-likeness (QED) is 0.560. The van der Waals surface area contributed by atoms with E-state index in [0.29, 0.717) is 37.9 Å². The number of nitrogens with two attached hydrogens (primary N) is 1. The number of hydrogen-bond donors (Lipinski definition) is 2.